The van der Waals surface area contributed by atoms with Gasteiger partial charge in [-0.2, -0.15) is 0 Å². The second kappa shape index (κ2) is 8.92. The van der Waals surface area contributed by atoms with Gasteiger partial charge in [0.05, 0.1) is 12.2 Å². The van der Waals surface area contributed by atoms with Crippen LogP contribution in [0.4, 0.5) is 0 Å². The number of amides is 1. The van der Waals surface area contributed by atoms with Crippen molar-refractivity contribution in [2.45, 2.75) is 19.1 Å². The molecule has 0 aliphatic carbocycles. The molecule has 4 rings (SSSR count). The Hall–Kier alpha value is -3.12. The zero-order valence-corrected chi connectivity index (χ0v) is 16.5. The summed E-state index contributed by atoms with van der Waals surface area (Å²) in [5.74, 6) is 1.21. The lowest BCUT2D eigenvalue weighted by Crippen LogP contribution is -2.37. The number of benzene rings is 2. The van der Waals surface area contributed by atoms with E-state index in [2.05, 4.69) is 10.3 Å². The number of rotatable bonds is 6. The number of nitrogens with zero attached hydrogens (tertiary/aromatic N) is 1. The normalized spacial score (nSPS) is 15.9. The molecule has 6 heteroatoms. The first-order valence-corrected chi connectivity index (χ1v) is 10.4. The van der Waals surface area contributed by atoms with Gasteiger partial charge in [-0.05, 0) is 47.4 Å². The highest BCUT2D eigenvalue weighted by atomic mass is 32.2. The number of aromatic nitrogens is 1. The van der Waals surface area contributed by atoms with Crippen molar-refractivity contribution >= 4 is 22.8 Å². The fourth-order valence-electron chi connectivity index (χ4n) is 3.20. The van der Waals surface area contributed by atoms with E-state index < -0.39 is 6.04 Å². The maximum Gasteiger partial charge on any atom is 0.252 e. The van der Waals surface area contributed by atoms with E-state index in [1.54, 1.807) is 18.5 Å². The molecule has 2 heterocycles. The Balaban J connectivity index is 1.60. The van der Waals surface area contributed by atoms with Crippen molar-refractivity contribution < 1.29 is 14.3 Å². The van der Waals surface area contributed by atoms with Crippen molar-refractivity contribution in [3.05, 3.63) is 84.2 Å². The third-order valence-corrected chi connectivity index (χ3v) is 5.70. The van der Waals surface area contributed by atoms with Gasteiger partial charge in [0.15, 0.2) is 0 Å². The molecule has 29 heavy (non-hydrogen) atoms. The highest BCUT2D eigenvalue weighted by Gasteiger charge is 2.27. The Morgan fingerprint density at radius 3 is 2.72 bits per heavy atom. The molecule has 146 valence electrons. The van der Waals surface area contributed by atoms with Gasteiger partial charge in [0, 0.05) is 17.5 Å². The molecule has 1 atom stereocenters. The SMILES string of the molecule is O=C(N[C@H]1CCSC1=O)c1ccc(COc2cccnc2)cc1-c1ccccc1. The fraction of sp³-hybridized carbons (Fsp3) is 0.174. The molecule has 1 N–H and O–H groups in total. The summed E-state index contributed by atoms with van der Waals surface area (Å²) in [5.41, 5.74) is 3.24. The number of carbonyl (C=O) groups excluding carboxylic acids is 2. The minimum Gasteiger partial charge on any atom is -0.487 e. The van der Waals surface area contributed by atoms with Crippen molar-refractivity contribution in [3.8, 4) is 16.9 Å². The minimum absolute atomic E-state index is 0.0288. The summed E-state index contributed by atoms with van der Waals surface area (Å²) in [6.07, 6.45) is 4.03. The van der Waals surface area contributed by atoms with Crippen LogP contribution < -0.4 is 10.1 Å². The fourth-order valence-corrected chi connectivity index (χ4v) is 4.13. The van der Waals surface area contributed by atoms with Gasteiger partial charge >= 0.3 is 0 Å². The van der Waals surface area contributed by atoms with Crippen molar-refractivity contribution in [2.24, 2.45) is 0 Å². The molecule has 1 saturated heterocycles. The lowest BCUT2D eigenvalue weighted by Gasteiger charge is -2.15. The maximum absolute atomic E-state index is 12.9. The summed E-state index contributed by atoms with van der Waals surface area (Å²) in [7, 11) is 0. The minimum atomic E-state index is -0.412. The van der Waals surface area contributed by atoms with Gasteiger partial charge in [-0.1, -0.05) is 48.2 Å². The third kappa shape index (κ3) is 4.66. The molecule has 1 aliphatic rings. The average Bonchev–Trinajstić information content (AvgIpc) is 3.17. The Labute approximate surface area is 173 Å². The summed E-state index contributed by atoms with van der Waals surface area (Å²) < 4.78 is 5.79. The van der Waals surface area contributed by atoms with E-state index >= 15 is 0 Å². The molecule has 1 amide bonds. The first-order chi connectivity index (χ1) is 14.2. The zero-order chi connectivity index (χ0) is 20.1. The summed E-state index contributed by atoms with van der Waals surface area (Å²) in [6.45, 7) is 0.366. The van der Waals surface area contributed by atoms with Crippen molar-refractivity contribution in [1.29, 1.82) is 0 Å². The van der Waals surface area contributed by atoms with Crippen LogP contribution in [0.5, 0.6) is 5.75 Å². The van der Waals surface area contributed by atoms with Gasteiger partial charge in [-0.25, -0.2) is 0 Å². The maximum atomic E-state index is 12.9. The predicted molar refractivity (Wildman–Crippen MR) is 114 cm³/mol. The highest BCUT2D eigenvalue weighted by molar-refractivity contribution is 8.14. The lowest BCUT2D eigenvalue weighted by molar-refractivity contribution is -0.112. The molecule has 0 unspecified atom stereocenters. The van der Waals surface area contributed by atoms with Crippen LogP contribution in [0.1, 0.15) is 22.3 Å². The summed E-state index contributed by atoms with van der Waals surface area (Å²) in [5, 5.41) is 2.91. The number of ether oxygens (including phenoxy) is 1. The van der Waals surface area contributed by atoms with E-state index in [-0.39, 0.29) is 11.0 Å². The number of thioether (sulfide) groups is 1. The number of nitrogens with one attached hydrogen (secondary N) is 1. The van der Waals surface area contributed by atoms with Crippen LogP contribution in [0.3, 0.4) is 0 Å². The molecular formula is C23H20N2O3S. The van der Waals surface area contributed by atoms with Gasteiger partial charge in [-0.15, -0.1) is 0 Å². The quantitative estimate of drug-likeness (QED) is 0.670. The summed E-state index contributed by atoms with van der Waals surface area (Å²) >= 11 is 1.27. The number of hydrogen-bond acceptors (Lipinski definition) is 5. The van der Waals surface area contributed by atoms with Crippen molar-refractivity contribution in [2.75, 3.05) is 5.75 Å². The molecule has 0 radical (unpaired) electrons. The Bertz CT molecular complexity index is 1010. The number of pyridine rings is 1. The largest absolute Gasteiger partial charge is 0.487 e. The molecule has 1 aliphatic heterocycles. The predicted octanol–water partition coefficient (Wildman–Crippen LogP) is 4.09. The van der Waals surface area contributed by atoms with E-state index in [1.165, 1.54) is 11.8 Å². The smallest absolute Gasteiger partial charge is 0.252 e. The van der Waals surface area contributed by atoms with Crippen LogP contribution in [0.15, 0.2) is 73.1 Å². The average molecular weight is 404 g/mol. The molecule has 2 aromatic carbocycles. The molecule has 1 fully saturated rings. The van der Waals surface area contributed by atoms with Gasteiger partial charge in [0.25, 0.3) is 5.91 Å². The topological polar surface area (TPSA) is 68.3 Å². The monoisotopic (exact) mass is 404 g/mol. The van der Waals surface area contributed by atoms with Crippen LogP contribution in [0.2, 0.25) is 0 Å². The molecule has 3 aromatic rings. The van der Waals surface area contributed by atoms with Crippen LogP contribution in [-0.2, 0) is 11.4 Å². The lowest BCUT2D eigenvalue weighted by atomic mass is 9.96. The van der Waals surface area contributed by atoms with Gasteiger partial charge in [0.2, 0.25) is 5.12 Å². The molecule has 0 bridgehead atoms. The van der Waals surface area contributed by atoms with Gasteiger partial charge in [0.1, 0.15) is 12.4 Å². The van der Waals surface area contributed by atoms with E-state index in [0.717, 1.165) is 22.4 Å². The molecule has 5 nitrogen and oxygen atoms in total. The highest BCUT2D eigenvalue weighted by Crippen LogP contribution is 2.27. The Morgan fingerprint density at radius 2 is 2.00 bits per heavy atom. The second-order valence-electron chi connectivity index (χ2n) is 6.71. The zero-order valence-electron chi connectivity index (χ0n) is 15.7. The van der Waals surface area contributed by atoms with Crippen molar-refractivity contribution in [3.63, 3.8) is 0 Å². The number of hydrogen-bond donors (Lipinski definition) is 1. The first-order valence-electron chi connectivity index (χ1n) is 9.39. The standard InChI is InChI=1S/C23H20N2O3S/c26-22(25-21-10-12-29-23(21)27)19-9-8-16(15-28-18-7-4-11-24-14-18)13-20(19)17-5-2-1-3-6-17/h1-9,11,13-14,21H,10,12,15H2,(H,25,26)/t21-/m0/s1. The van der Waals surface area contributed by atoms with E-state index in [4.69, 9.17) is 4.74 Å². The van der Waals surface area contributed by atoms with Crippen LogP contribution in [0.25, 0.3) is 11.1 Å². The number of carbonyl (C=O) groups is 2. The van der Waals surface area contributed by atoms with Crippen LogP contribution in [0, 0.1) is 0 Å². The van der Waals surface area contributed by atoms with E-state index in [9.17, 15) is 9.59 Å². The van der Waals surface area contributed by atoms with E-state index in [0.29, 0.717) is 24.3 Å². The first kappa shape index (κ1) is 19.2. The molecule has 0 spiro atoms. The molecule has 0 saturated carbocycles. The molecule has 1 aromatic heterocycles. The van der Waals surface area contributed by atoms with Crippen LogP contribution >= 0.6 is 11.8 Å². The van der Waals surface area contributed by atoms with Gasteiger partial charge in [-0.3, -0.25) is 14.6 Å². The van der Waals surface area contributed by atoms with E-state index in [1.807, 2.05) is 54.6 Å². The summed E-state index contributed by atoms with van der Waals surface area (Å²) in [4.78, 5) is 28.9. The second-order valence-corrected chi connectivity index (χ2v) is 7.80. The Morgan fingerprint density at radius 1 is 1.14 bits per heavy atom. The Kier molecular flexibility index (Phi) is 5.91. The summed E-state index contributed by atoms with van der Waals surface area (Å²) in [6, 6.07) is 18.6. The van der Waals surface area contributed by atoms with Crippen molar-refractivity contribution in [1.82, 2.24) is 10.3 Å². The third-order valence-electron chi connectivity index (χ3n) is 4.69. The molecular weight excluding hydrogens is 384 g/mol. The van der Waals surface area contributed by atoms with Gasteiger partial charge < -0.3 is 10.1 Å². The van der Waals surface area contributed by atoms with Crippen LogP contribution in [-0.4, -0.2) is 27.8 Å².